The minimum Gasteiger partial charge on any atom is -0.405 e. The van der Waals surface area contributed by atoms with Crippen molar-refractivity contribution in [1.82, 2.24) is 14.9 Å². The lowest BCUT2D eigenvalue weighted by Gasteiger charge is -2.16. The van der Waals surface area contributed by atoms with Crippen molar-refractivity contribution < 1.29 is 22.7 Å². The Balaban J connectivity index is 1.88. The van der Waals surface area contributed by atoms with Gasteiger partial charge in [0.25, 0.3) is 0 Å². The molecule has 1 saturated heterocycles. The summed E-state index contributed by atoms with van der Waals surface area (Å²) in [6.07, 6.45) is -0.437. The smallest absolute Gasteiger partial charge is 0.405 e. The van der Waals surface area contributed by atoms with Gasteiger partial charge in [-0.05, 0) is 18.6 Å². The topological polar surface area (TPSA) is 56.2 Å². The van der Waals surface area contributed by atoms with Gasteiger partial charge in [0.2, 0.25) is 5.91 Å². The maximum absolute atomic E-state index is 12.5. The molecule has 3 rings (SSSR count). The molecular formula is C15H14F3N3O2. The second-order valence-electron chi connectivity index (χ2n) is 5.25. The molecule has 1 N–H and O–H groups in total. The average Bonchev–Trinajstić information content (AvgIpc) is 3.07. The molecule has 1 aliphatic rings. The second kappa shape index (κ2) is 5.94. The van der Waals surface area contributed by atoms with E-state index in [1.165, 1.54) is 24.4 Å². The predicted molar refractivity (Wildman–Crippen MR) is 75.5 cm³/mol. The van der Waals surface area contributed by atoms with Crippen molar-refractivity contribution in [2.24, 2.45) is 0 Å². The maximum atomic E-state index is 12.5. The minimum atomic E-state index is -4.77. The van der Waals surface area contributed by atoms with E-state index in [0.717, 1.165) is 0 Å². The van der Waals surface area contributed by atoms with Crippen LogP contribution < -0.4 is 10.1 Å². The molecule has 1 amide bonds. The summed E-state index contributed by atoms with van der Waals surface area (Å²) in [5.74, 6) is 0.0476. The van der Waals surface area contributed by atoms with E-state index in [0.29, 0.717) is 25.2 Å². The SMILES string of the molecule is O=C1CCC(Cn2ccnc2-c2ccccc2OC(F)(F)F)N1. The normalized spacial score (nSPS) is 18.0. The van der Waals surface area contributed by atoms with Crippen LogP contribution in [-0.4, -0.2) is 27.9 Å². The number of para-hydroxylation sites is 1. The number of hydrogen-bond acceptors (Lipinski definition) is 3. The number of ether oxygens (including phenoxy) is 1. The molecule has 1 aromatic carbocycles. The predicted octanol–water partition coefficient (Wildman–Crippen LogP) is 2.73. The third kappa shape index (κ3) is 3.64. The molecule has 1 aromatic heterocycles. The van der Waals surface area contributed by atoms with E-state index in [-0.39, 0.29) is 23.3 Å². The van der Waals surface area contributed by atoms with E-state index in [2.05, 4.69) is 15.0 Å². The van der Waals surface area contributed by atoms with Crippen molar-refractivity contribution in [3.63, 3.8) is 0 Å². The number of nitrogens with one attached hydrogen (secondary N) is 1. The van der Waals surface area contributed by atoms with Gasteiger partial charge in [0, 0.05) is 31.4 Å². The summed E-state index contributed by atoms with van der Waals surface area (Å²) < 4.78 is 43.4. The summed E-state index contributed by atoms with van der Waals surface area (Å²) in [6.45, 7) is 0.446. The van der Waals surface area contributed by atoms with E-state index in [1.807, 2.05) is 0 Å². The highest BCUT2D eigenvalue weighted by Gasteiger charge is 2.32. The lowest BCUT2D eigenvalue weighted by Crippen LogP contribution is -2.29. The Labute approximate surface area is 130 Å². The van der Waals surface area contributed by atoms with Gasteiger partial charge in [-0.15, -0.1) is 13.2 Å². The Morgan fingerprint density at radius 1 is 1.35 bits per heavy atom. The molecule has 2 heterocycles. The third-order valence-corrected chi connectivity index (χ3v) is 3.57. The average molecular weight is 325 g/mol. The van der Waals surface area contributed by atoms with Gasteiger partial charge in [-0.1, -0.05) is 12.1 Å². The van der Waals surface area contributed by atoms with Crippen LogP contribution in [0.3, 0.4) is 0 Å². The summed E-state index contributed by atoms with van der Waals surface area (Å²) in [5.41, 5.74) is 0.249. The van der Waals surface area contributed by atoms with Crippen molar-refractivity contribution >= 4 is 5.91 Å². The minimum absolute atomic E-state index is 0.0162. The fraction of sp³-hybridized carbons (Fsp3) is 0.333. The number of halogens is 3. The fourth-order valence-electron chi connectivity index (χ4n) is 2.62. The van der Waals surface area contributed by atoms with Crippen LogP contribution in [0.5, 0.6) is 5.75 Å². The van der Waals surface area contributed by atoms with Crippen LogP contribution in [0.4, 0.5) is 13.2 Å². The number of amides is 1. The van der Waals surface area contributed by atoms with Crippen LogP contribution in [0, 0.1) is 0 Å². The highest BCUT2D eigenvalue weighted by molar-refractivity contribution is 5.78. The van der Waals surface area contributed by atoms with Gasteiger partial charge in [-0.25, -0.2) is 4.98 Å². The standard InChI is InChI=1S/C15H14F3N3O2/c16-15(17,18)23-12-4-2-1-3-11(12)14-19-7-8-21(14)9-10-5-6-13(22)20-10/h1-4,7-8,10H,5-6,9H2,(H,20,22). The Morgan fingerprint density at radius 2 is 2.13 bits per heavy atom. The van der Waals surface area contributed by atoms with Crippen molar-refractivity contribution in [2.75, 3.05) is 0 Å². The molecule has 5 nitrogen and oxygen atoms in total. The van der Waals surface area contributed by atoms with Crippen molar-refractivity contribution in [3.05, 3.63) is 36.7 Å². The molecule has 1 aliphatic heterocycles. The Hall–Kier alpha value is -2.51. The Kier molecular flexibility index (Phi) is 3.97. The van der Waals surface area contributed by atoms with E-state index >= 15 is 0 Å². The van der Waals surface area contributed by atoms with E-state index in [1.54, 1.807) is 16.8 Å². The molecular weight excluding hydrogens is 311 g/mol. The van der Waals surface area contributed by atoms with Crippen molar-refractivity contribution in [3.8, 4) is 17.1 Å². The number of carbonyl (C=O) groups is 1. The molecule has 0 aliphatic carbocycles. The number of aromatic nitrogens is 2. The largest absolute Gasteiger partial charge is 0.573 e. The maximum Gasteiger partial charge on any atom is 0.573 e. The summed E-state index contributed by atoms with van der Waals surface area (Å²) >= 11 is 0. The molecule has 23 heavy (non-hydrogen) atoms. The molecule has 1 atom stereocenters. The molecule has 8 heteroatoms. The summed E-state index contributed by atoms with van der Waals surface area (Å²) in [7, 11) is 0. The number of alkyl halides is 3. The van der Waals surface area contributed by atoms with Crippen LogP contribution in [0.25, 0.3) is 11.4 Å². The summed E-state index contributed by atoms with van der Waals surface area (Å²) in [4.78, 5) is 15.4. The highest BCUT2D eigenvalue weighted by Crippen LogP contribution is 2.33. The van der Waals surface area contributed by atoms with Gasteiger partial charge in [0.15, 0.2) is 0 Å². The number of carbonyl (C=O) groups excluding carboxylic acids is 1. The van der Waals surface area contributed by atoms with Crippen LogP contribution in [0.15, 0.2) is 36.7 Å². The first-order valence-electron chi connectivity index (χ1n) is 7.08. The summed E-state index contributed by atoms with van der Waals surface area (Å²) in [5, 5.41) is 2.82. The first-order valence-corrected chi connectivity index (χ1v) is 7.08. The first kappa shape index (κ1) is 15.4. The number of imidazole rings is 1. The van der Waals surface area contributed by atoms with Gasteiger partial charge in [0.1, 0.15) is 11.6 Å². The monoisotopic (exact) mass is 325 g/mol. The quantitative estimate of drug-likeness (QED) is 0.940. The lowest BCUT2D eigenvalue weighted by molar-refractivity contribution is -0.274. The molecule has 1 unspecified atom stereocenters. The van der Waals surface area contributed by atoms with Crippen LogP contribution >= 0.6 is 0 Å². The van der Waals surface area contributed by atoms with Crippen LogP contribution in [0.2, 0.25) is 0 Å². The van der Waals surface area contributed by atoms with Crippen molar-refractivity contribution in [2.45, 2.75) is 31.8 Å². The number of benzene rings is 1. The van der Waals surface area contributed by atoms with Gasteiger partial charge < -0.3 is 14.6 Å². The Bertz CT molecular complexity index is 712. The van der Waals surface area contributed by atoms with Crippen molar-refractivity contribution in [1.29, 1.82) is 0 Å². The van der Waals surface area contributed by atoms with Gasteiger partial charge >= 0.3 is 6.36 Å². The van der Waals surface area contributed by atoms with Gasteiger partial charge in [-0.2, -0.15) is 0 Å². The second-order valence-corrected chi connectivity index (χ2v) is 5.25. The molecule has 2 aromatic rings. The molecule has 0 saturated carbocycles. The zero-order chi connectivity index (χ0) is 16.4. The molecule has 122 valence electrons. The number of hydrogen-bond donors (Lipinski definition) is 1. The molecule has 0 bridgehead atoms. The van der Waals surface area contributed by atoms with E-state index in [9.17, 15) is 18.0 Å². The molecule has 0 spiro atoms. The zero-order valence-electron chi connectivity index (χ0n) is 12.0. The van der Waals surface area contributed by atoms with Gasteiger partial charge in [0.05, 0.1) is 5.56 Å². The van der Waals surface area contributed by atoms with Gasteiger partial charge in [-0.3, -0.25) is 4.79 Å². The fourth-order valence-corrected chi connectivity index (χ4v) is 2.62. The third-order valence-electron chi connectivity index (χ3n) is 3.57. The highest BCUT2D eigenvalue weighted by atomic mass is 19.4. The van der Waals surface area contributed by atoms with E-state index < -0.39 is 6.36 Å². The number of rotatable bonds is 4. The van der Waals surface area contributed by atoms with Crippen LogP contribution in [-0.2, 0) is 11.3 Å². The lowest BCUT2D eigenvalue weighted by atomic mass is 10.1. The summed E-state index contributed by atoms with van der Waals surface area (Å²) in [6, 6.07) is 5.81. The molecule has 0 radical (unpaired) electrons. The van der Waals surface area contributed by atoms with Crippen LogP contribution in [0.1, 0.15) is 12.8 Å². The first-order chi connectivity index (χ1) is 10.9. The molecule has 1 fully saturated rings. The zero-order valence-corrected chi connectivity index (χ0v) is 12.0. The number of nitrogens with zero attached hydrogens (tertiary/aromatic N) is 2. The van der Waals surface area contributed by atoms with E-state index in [4.69, 9.17) is 0 Å². The Morgan fingerprint density at radius 3 is 2.83 bits per heavy atom.